The first-order valence-electron chi connectivity index (χ1n) is 5.95. The third-order valence-corrected chi connectivity index (χ3v) is 3.56. The second-order valence-corrected chi connectivity index (χ2v) is 4.87. The predicted octanol–water partition coefficient (Wildman–Crippen LogP) is 2.95. The molecule has 1 heterocycles. The van der Waals surface area contributed by atoms with Crippen LogP contribution in [0.5, 0.6) is 0 Å². The van der Waals surface area contributed by atoms with Gasteiger partial charge in [-0.15, -0.1) is 0 Å². The van der Waals surface area contributed by atoms with Crippen molar-refractivity contribution >= 4 is 23.2 Å². The monoisotopic (exact) mass is 285 g/mol. The lowest BCUT2D eigenvalue weighted by Gasteiger charge is -2.28. The molecule has 0 saturated heterocycles. The SMILES string of the molecule is CCC(C)(CC)NC(=O)c1cc([N+](=O)[O-])cnc1Cl. The number of carbonyl (C=O) groups is 1. The Hall–Kier alpha value is -1.69. The highest BCUT2D eigenvalue weighted by molar-refractivity contribution is 6.32. The van der Waals surface area contributed by atoms with Crippen LogP contribution in [0.25, 0.3) is 0 Å². The molecule has 0 fully saturated rings. The van der Waals surface area contributed by atoms with Gasteiger partial charge in [-0.25, -0.2) is 4.98 Å². The van der Waals surface area contributed by atoms with Crippen LogP contribution in [0.3, 0.4) is 0 Å². The summed E-state index contributed by atoms with van der Waals surface area (Å²) in [5.41, 5.74) is -0.612. The molecule has 1 rings (SSSR count). The van der Waals surface area contributed by atoms with Crippen LogP contribution in [0.4, 0.5) is 5.69 Å². The van der Waals surface area contributed by atoms with Gasteiger partial charge in [-0.3, -0.25) is 14.9 Å². The number of pyridine rings is 1. The Kier molecular flexibility index (Phi) is 4.83. The van der Waals surface area contributed by atoms with Crippen LogP contribution >= 0.6 is 11.6 Å². The minimum absolute atomic E-state index is 0.0176. The fraction of sp³-hybridized carbons (Fsp3) is 0.500. The molecule has 0 unspecified atom stereocenters. The molecule has 6 nitrogen and oxygen atoms in total. The van der Waals surface area contributed by atoms with Gasteiger partial charge >= 0.3 is 0 Å². The summed E-state index contributed by atoms with van der Waals surface area (Å²) >= 11 is 5.82. The van der Waals surface area contributed by atoms with E-state index in [0.29, 0.717) is 0 Å². The summed E-state index contributed by atoms with van der Waals surface area (Å²) in [6, 6.07) is 1.14. The molecule has 1 aromatic heterocycles. The van der Waals surface area contributed by atoms with Gasteiger partial charge in [0, 0.05) is 11.6 Å². The van der Waals surface area contributed by atoms with Gasteiger partial charge in [-0.1, -0.05) is 25.4 Å². The quantitative estimate of drug-likeness (QED) is 0.512. The first-order valence-corrected chi connectivity index (χ1v) is 6.33. The molecule has 0 radical (unpaired) electrons. The van der Waals surface area contributed by atoms with Gasteiger partial charge in [-0.2, -0.15) is 0 Å². The molecule has 0 aliphatic rings. The van der Waals surface area contributed by atoms with Crippen LogP contribution in [0, 0.1) is 10.1 Å². The van der Waals surface area contributed by atoms with Crippen molar-refractivity contribution in [1.82, 2.24) is 10.3 Å². The van der Waals surface area contributed by atoms with E-state index in [0.717, 1.165) is 25.1 Å². The third-order valence-electron chi connectivity index (χ3n) is 3.26. The van der Waals surface area contributed by atoms with Crippen molar-refractivity contribution in [1.29, 1.82) is 0 Å². The van der Waals surface area contributed by atoms with E-state index >= 15 is 0 Å². The van der Waals surface area contributed by atoms with Crippen LogP contribution in [0.15, 0.2) is 12.3 Å². The second-order valence-electron chi connectivity index (χ2n) is 4.51. The number of nitro groups is 1. The smallest absolute Gasteiger partial charge is 0.288 e. The molecule has 7 heteroatoms. The van der Waals surface area contributed by atoms with Gasteiger partial charge in [0.1, 0.15) is 11.3 Å². The molecular formula is C12H16ClN3O3. The number of hydrogen-bond acceptors (Lipinski definition) is 4. The number of aromatic nitrogens is 1. The van der Waals surface area contributed by atoms with Gasteiger partial charge < -0.3 is 5.32 Å². The molecule has 0 atom stereocenters. The summed E-state index contributed by atoms with van der Waals surface area (Å²) in [4.78, 5) is 25.8. The predicted molar refractivity (Wildman–Crippen MR) is 72.4 cm³/mol. The molecule has 0 bridgehead atoms. The van der Waals surface area contributed by atoms with E-state index in [1.165, 1.54) is 0 Å². The molecule has 19 heavy (non-hydrogen) atoms. The molecular weight excluding hydrogens is 270 g/mol. The lowest BCUT2D eigenvalue weighted by atomic mass is 9.95. The summed E-state index contributed by atoms with van der Waals surface area (Å²) in [6.45, 7) is 5.82. The lowest BCUT2D eigenvalue weighted by Crippen LogP contribution is -2.45. The maximum Gasteiger partial charge on any atom is 0.288 e. The molecule has 0 spiro atoms. The van der Waals surface area contributed by atoms with Crippen molar-refractivity contribution in [3.05, 3.63) is 33.1 Å². The van der Waals surface area contributed by atoms with Crippen LogP contribution in [-0.4, -0.2) is 21.4 Å². The van der Waals surface area contributed by atoms with Gasteiger partial charge in [0.05, 0.1) is 10.5 Å². The van der Waals surface area contributed by atoms with Crippen molar-refractivity contribution in [2.24, 2.45) is 0 Å². The molecule has 0 aliphatic heterocycles. The number of hydrogen-bond donors (Lipinski definition) is 1. The fourth-order valence-electron chi connectivity index (χ4n) is 1.46. The summed E-state index contributed by atoms with van der Waals surface area (Å²) in [7, 11) is 0. The highest BCUT2D eigenvalue weighted by Crippen LogP contribution is 2.21. The lowest BCUT2D eigenvalue weighted by molar-refractivity contribution is -0.385. The molecule has 0 aromatic carbocycles. The Labute approximate surface area is 116 Å². The zero-order chi connectivity index (χ0) is 14.6. The average Bonchev–Trinajstić information content (AvgIpc) is 2.38. The van der Waals surface area contributed by atoms with Crippen LogP contribution in [0.2, 0.25) is 5.15 Å². The number of carbonyl (C=O) groups excluding carboxylic acids is 1. The van der Waals surface area contributed by atoms with Crippen molar-refractivity contribution < 1.29 is 9.72 Å². The normalized spacial score (nSPS) is 11.2. The van der Waals surface area contributed by atoms with Crippen molar-refractivity contribution in [3.63, 3.8) is 0 Å². The van der Waals surface area contributed by atoms with E-state index in [2.05, 4.69) is 10.3 Å². The highest BCUT2D eigenvalue weighted by Gasteiger charge is 2.25. The Balaban J connectivity index is 3.06. The van der Waals surface area contributed by atoms with Crippen molar-refractivity contribution in [2.45, 2.75) is 39.2 Å². The Bertz CT molecular complexity index is 501. The van der Waals surface area contributed by atoms with E-state index < -0.39 is 10.8 Å². The van der Waals surface area contributed by atoms with Gasteiger partial charge in [0.25, 0.3) is 11.6 Å². The standard InChI is InChI=1S/C12H16ClN3O3/c1-4-12(3,5-2)15-11(17)9-6-8(16(18)19)7-14-10(9)13/h6-7H,4-5H2,1-3H3,(H,15,17). The third kappa shape index (κ3) is 3.64. The van der Waals surface area contributed by atoms with E-state index in [4.69, 9.17) is 11.6 Å². The second kappa shape index (κ2) is 5.97. The topological polar surface area (TPSA) is 85.1 Å². The number of halogens is 1. The largest absolute Gasteiger partial charge is 0.347 e. The zero-order valence-electron chi connectivity index (χ0n) is 11.1. The van der Waals surface area contributed by atoms with E-state index in [9.17, 15) is 14.9 Å². The first-order chi connectivity index (χ1) is 8.83. The summed E-state index contributed by atoms with van der Waals surface area (Å²) in [5, 5.41) is 13.5. The molecule has 1 N–H and O–H groups in total. The van der Waals surface area contributed by atoms with Gasteiger partial charge in [0.2, 0.25) is 0 Å². The van der Waals surface area contributed by atoms with Crippen LogP contribution in [0.1, 0.15) is 44.0 Å². The number of nitrogens with one attached hydrogen (secondary N) is 1. The molecule has 1 amide bonds. The van der Waals surface area contributed by atoms with E-state index in [-0.39, 0.29) is 21.9 Å². The molecule has 104 valence electrons. The number of amides is 1. The number of nitrogens with zero attached hydrogens (tertiary/aromatic N) is 2. The minimum atomic E-state index is -0.612. The fourth-order valence-corrected chi connectivity index (χ4v) is 1.65. The first kappa shape index (κ1) is 15.4. The van der Waals surface area contributed by atoms with Crippen molar-refractivity contribution in [2.75, 3.05) is 0 Å². The Morgan fingerprint density at radius 2 is 2.11 bits per heavy atom. The van der Waals surface area contributed by atoms with E-state index in [1.54, 1.807) is 0 Å². The molecule has 0 saturated carbocycles. The zero-order valence-corrected chi connectivity index (χ0v) is 11.8. The minimum Gasteiger partial charge on any atom is -0.347 e. The summed E-state index contributed by atoms with van der Waals surface area (Å²) in [6.07, 6.45) is 2.52. The van der Waals surface area contributed by atoms with E-state index in [1.807, 2.05) is 20.8 Å². The van der Waals surface area contributed by atoms with Gasteiger partial charge in [-0.05, 0) is 19.8 Å². The maximum atomic E-state index is 12.1. The average molecular weight is 286 g/mol. The Morgan fingerprint density at radius 1 is 1.53 bits per heavy atom. The van der Waals surface area contributed by atoms with Crippen LogP contribution in [-0.2, 0) is 0 Å². The van der Waals surface area contributed by atoms with Crippen molar-refractivity contribution in [3.8, 4) is 0 Å². The number of rotatable bonds is 5. The van der Waals surface area contributed by atoms with Gasteiger partial charge in [0.15, 0.2) is 0 Å². The summed E-state index contributed by atoms with van der Waals surface area (Å²) in [5.74, 6) is -0.451. The summed E-state index contributed by atoms with van der Waals surface area (Å²) < 4.78 is 0. The highest BCUT2D eigenvalue weighted by atomic mass is 35.5. The van der Waals surface area contributed by atoms with Crippen LogP contribution < -0.4 is 5.32 Å². The molecule has 1 aromatic rings. The Morgan fingerprint density at radius 3 is 2.58 bits per heavy atom. The maximum absolute atomic E-state index is 12.1. The molecule has 0 aliphatic carbocycles.